The molecule has 0 unspecified atom stereocenters. The van der Waals surface area contributed by atoms with Crippen molar-refractivity contribution < 1.29 is 0 Å². The van der Waals surface area contributed by atoms with E-state index in [0.717, 1.165) is 34.1 Å². The summed E-state index contributed by atoms with van der Waals surface area (Å²) in [6, 6.07) is 103. The molecule has 2 nitrogen and oxygen atoms in total. The second kappa shape index (κ2) is 17.7. The van der Waals surface area contributed by atoms with E-state index in [1.165, 1.54) is 109 Å². The molecule has 362 valence electrons. The van der Waals surface area contributed by atoms with Crippen molar-refractivity contribution in [3.05, 3.63) is 290 Å². The first-order chi connectivity index (χ1) is 37.9. The highest BCUT2D eigenvalue weighted by molar-refractivity contribution is 6.18. The van der Waals surface area contributed by atoms with Crippen molar-refractivity contribution in [2.24, 2.45) is 0 Å². The zero-order chi connectivity index (χ0) is 51.2. The molecular formula is C75H52N2. The van der Waals surface area contributed by atoms with E-state index in [2.05, 4.69) is 303 Å². The maximum atomic E-state index is 2.47. The molecule has 15 rings (SSSR count). The fourth-order valence-electron chi connectivity index (χ4n) is 12.7. The average molecular weight is 981 g/mol. The summed E-state index contributed by atoms with van der Waals surface area (Å²) in [7, 11) is 0. The molecule has 0 saturated heterocycles. The van der Waals surface area contributed by atoms with Crippen LogP contribution in [0.4, 0.5) is 34.1 Å². The Morgan fingerprint density at radius 2 is 0.610 bits per heavy atom. The summed E-state index contributed by atoms with van der Waals surface area (Å²) >= 11 is 0. The lowest BCUT2D eigenvalue weighted by atomic mass is 9.68. The van der Waals surface area contributed by atoms with Gasteiger partial charge in [0.25, 0.3) is 0 Å². The van der Waals surface area contributed by atoms with Gasteiger partial charge in [-0.3, -0.25) is 0 Å². The summed E-state index contributed by atoms with van der Waals surface area (Å²) in [6.45, 7) is 4.83. The topological polar surface area (TPSA) is 6.48 Å². The van der Waals surface area contributed by atoms with E-state index < -0.39 is 0 Å². The molecule has 0 aliphatic heterocycles. The molecule has 0 fully saturated rings. The molecule has 2 heteroatoms. The number of hydrogen-bond donors (Lipinski definition) is 0. The Morgan fingerprint density at radius 3 is 1.13 bits per heavy atom. The Labute approximate surface area is 449 Å². The van der Waals surface area contributed by atoms with Crippen molar-refractivity contribution in [2.45, 2.75) is 19.3 Å². The lowest BCUT2D eigenvalue weighted by molar-refractivity contribution is 0.645. The normalized spacial score (nSPS) is 12.6. The molecule has 1 aliphatic carbocycles. The van der Waals surface area contributed by atoms with E-state index in [9.17, 15) is 0 Å². The first kappa shape index (κ1) is 44.7. The molecule has 0 amide bonds. The number of rotatable bonds is 8. The van der Waals surface area contributed by atoms with Gasteiger partial charge in [0.15, 0.2) is 0 Å². The number of fused-ring (bicyclic) bond motifs is 10. The summed E-state index contributed by atoms with van der Waals surface area (Å²) in [6.07, 6.45) is 0. The molecule has 0 spiro atoms. The van der Waals surface area contributed by atoms with E-state index in [-0.39, 0.29) is 5.41 Å². The quantitative estimate of drug-likeness (QED) is 0.140. The molecule has 0 bridgehead atoms. The van der Waals surface area contributed by atoms with Crippen LogP contribution in [0.2, 0.25) is 0 Å². The summed E-state index contributed by atoms with van der Waals surface area (Å²) in [4.78, 5) is 4.88. The largest absolute Gasteiger partial charge is 0.310 e. The third-order valence-electron chi connectivity index (χ3n) is 16.6. The fourth-order valence-corrected chi connectivity index (χ4v) is 12.7. The molecular weight excluding hydrogens is 929 g/mol. The Kier molecular flexibility index (Phi) is 10.3. The van der Waals surface area contributed by atoms with Crippen LogP contribution in [0.5, 0.6) is 0 Å². The van der Waals surface area contributed by atoms with Gasteiger partial charge in [-0.05, 0) is 188 Å². The minimum Gasteiger partial charge on any atom is -0.310 e. The maximum absolute atomic E-state index is 2.47. The van der Waals surface area contributed by atoms with Crippen molar-refractivity contribution in [3.63, 3.8) is 0 Å². The molecule has 0 saturated carbocycles. The summed E-state index contributed by atoms with van der Waals surface area (Å²) < 4.78 is 0. The van der Waals surface area contributed by atoms with E-state index in [4.69, 9.17) is 0 Å². The monoisotopic (exact) mass is 980 g/mol. The van der Waals surface area contributed by atoms with E-state index >= 15 is 0 Å². The minimum atomic E-state index is -0.314. The molecule has 0 N–H and O–H groups in total. The van der Waals surface area contributed by atoms with Crippen LogP contribution in [-0.4, -0.2) is 0 Å². The van der Waals surface area contributed by atoms with E-state index in [1.54, 1.807) is 0 Å². The van der Waals surface area contributed by atoms with Crippen molar-refractivity contribution in [2.75, 3.05) is 9.80 Å². The molecule has 14 aromatic rings. The van der Waals surface area contributed by atoms with Gasteiger partial charge in [-0.15, -0.1) is 0 Å². The number of nitrogens with zero attached hydrogens (tertiary/aromatic N) is 2. The van der Waals surface area contributed by atoms with Gasteiger partial charge >= 0.3 is 0 Å². The van der Waals surface area contributed by atoms with Crippen LogP contribution >= 0.6 is 0 Å². The van der Waals surface area contributed by atoms with E-state index in [1.807, 2.05) is 0 Å². The predicted molar refractivity (Wildman–Crippen MR) is 329 cm³/mol. The van der Waals surface area contributed by atoms with Crippen LogP contribution in [0.15, 0.2) is 279 Å². The van der Waals surface area contributed by atoms with Crippen molar-refractivity contribution in [3.8, 4) is 33.4 Å². The van der Waals surface area contributed by atoms with Gasteiger partial charge in [0, 0.05) is 39.5 Å². The van der Waals surface area contributed by atoms with Crippen LogP contribution in [0.3, 0.4) is 0 Å². The summed E-state index contributed by atoms with van der Waals surface area (Å²) in [5.41, 5.74) is 16.4. The van der Waals surface area contributed by atoms with Crippen LogP contribution in [0.1, 0.15) is 25.0 Å². The Morgan fingerprint density at radius 1 is 0.234 bits per heavy atom. The highest BCUT2D eigenvalue weighted by Crippen LogP contribution is 2.53. The first-order valence-corrected chi connectivity index (χ1v) is 26.8. The predicted octanol–water partition coefficient (Wildman–Crippen LogP) is 21.2. The van der Waals surface area contributed by atoms with E-state index in [0.29, 0.717) is 0 Å². The van der Waals surface area contributed by atoms with Crippen molar-refractivity contribution >= 4 is 98.8 Å². The van der Waals surface area contributed by atoms with Gasteiger partial charge in [0.1, 0.15) is 0 Å². The molecule has 1 aliphatic rings. The molecule has 0 aromatic heterocycles. The lowest BCUT2D eigenvalue weighted by Crippen LogP contribution is -2.24. The number of benzene rings is 14. The molecule has 0 atom stereocenters. The van der Waals surface area contributed by atoms with Gasteiger partial charge in [0.05, 0.1) is 0 Å². The third kappa shape index (κ3) is 7.40. The highest BCUT2D eigenvalue weighted by atomic mass is 15.1. The minimum absolute atomic E-state index is 0.314. The van der Waals surface area contributed by atoms with Gasteiger partial charge in [0.2, 0.25) is 0 Å². The average Bonchev–Trinajstić information content (AvgIpc) is 3.60. The van der Waals surface area contributed by atoms with Gasteiger partial charge < -0.3 is 9.80 Å². The van der Waals surface area contributed by atoms with Gasteiger partial charge in [-0.25, -0.2) is 0 Å². The summed E-state index contributed by atoms with van der Waals surface area (Å²) in [5, 5.41) is 15.0. The van der Waals surface area contributed by atoms with Crippen molar-refractivity contribution in [1.29, 1.82) is 0 Å². The number of anilines is 6. The Bertz CT molecular complexity index is 4630. The third-order valence-corrected chi connectivity index (χ3v) is 16.6. The number of hydrogen-bond acceptors (Lipinski definition) is 2. The molecule has 0 radical (unpaired) electrons. The van der Waals surface area contributed by atoms with Crippen LogP contribution in [0, 0.1) is 0 Å². The van der Waals surface area contributed by atoms with Crippen LogP contribution in [0.25, 0.3) is 98.0 Å². The van der Waals surface area contributed by atoms with Crippen LogP contribution < -0.4 is 9.80 Å². The Hall–Kier alpha value is -9.76. The first-order valence-electron chi connectivity index (χ1n) is 26.8. The Balaban J connectivity index is 0.884. The van der Waals surface area contributed by atoms with Crippen molar-refractivity contribution in [1.82, 2.24) is 0 Å². The standard InChI is InChI=1S/C75H52N2/c1-75(2)72-23-13-22-67-70-47-62(76(58-35-28-51(29-36-58)49-14-5-3-6-15-49)60-39-32-55-26-24-53-18-9-11-20-64(53)68(55)45-60)41-34-57(70)44-71(74(67)72)66-43-42-63(48-73(66)75)77(59-37-30-52(31-38-59)50-16-7-4-8-17-50)61-40-33-56-27-25-54-19-10-12-21-65(54)69(56)46-61/h3-48H,1-2H3. The second-order valence-corrected chi connectivity index (χ2v) is 21.3. The van der Waals surface area contributed by atoms with Gasteiger partial charge in [-0.2, -0.15) is 0 Å². The second-order valence-electron chi connectivity index (χ2n) is 21.3. The highest BCUT2D eigenvalue weighted by Gasteiger charge is 2.35. The van der Waals surface area contributed by atoms with Crippen LogP contribution in [-0.2, 0) is 5.41 Å². The SMILES string of the molecule is CC1(C)c2cc(N(c3ccc(-c4ccccc4)cc3)c3ccc4ccc5ccccc5c4c3)ccc2-c2cc3ccc(N(c4ccc(-c5ccccc5)cc4)c4ccc5ccc6ccccc6c5c4)cc3c3cccc1c23. The molecule has 77 heavy (non-hydrogen) atoms. The summed E-state index contributed by atoms with van der Waals surface area (Å²) in [5.74, 6) is 0. The fraction of sp³-hybridized carbons (Fsp3) is 0.0400. The zero-order valence-corrected chi connectivity index (χ0v) is 43.0. The maximum Gasteiger partial charge on any atom is 0.0468 e. The molecule has 14 aromatic carbocycles. The zero-order valence-electron chi connectivity index (χ0n) is 43.0. The van der Waals surface area contributed by atoms with Gasteiger partial charge in [-0.1, -0.05) is 214 Å². The molecule has 0 heterocycles. The smallest absolute Gasteiger partial charge is 0.0468 e. The lowest BCUT2D eigenvalue weighted by Gasteiger charge is -2.37.